The van der Waals surface area contributed by atoms with Gasteiger partial charge >= 0.3 is 5.97 Å². The molecular formula is C30H43O6P. The van der Waals surface area contributed by atoms with Crippen LogP contribution < -0.4 is 0 Å². The van der Waals surface area contributed by atoms with Gasteiger partial charge in [-0.2, -0.15) is 0 Å². The smallest absolute Gasteiger partial charge is 0.330 e. The van der Waals surface area contributed by atoms with E-state index >= 15 is 0 Å². The lowest BCUT2D eigenvalue weighted by Crippen LogP contribution is -2.26. The van der Waals surface area contributed by atoms with Crippen LogP contribution in [0.2, 0.25) is 0 Å². The fourth-order valence-corrected chi connectivity index (χ4v) is 5.81. The highest BCUT2D eigenvalue weighted by Gasteiger charge is 2.46. The van der Waals surface area contributed by atoms with Crippen molar-refractivity contribution in [3.63, 3.8) is 0 Å². The van der Waals surface area contributed by atoms with Crippen LogP contribution in [0, 0.1) is 5.92 Å². The number of hydrogen-bond donors (Lipinski definition) is 0. The first kappa shape index (κ1) is 28.4. The Labute approximate surface area is 224 Å². The van der Waals surface area contributed by atoms with E-state index in [-0.39, 0.29) is 48.7 Å². The molecule has 2 bridgehead atoms. The molecule has 0 aromatic carbocycles. The second-order valence-electron chi connectivity index (χ2n) is 11.0. The highest BCUT2D eigenvalue weighted by atomic mass is 31.0. The van der Waals surface area contributed by atoms with Crippen LogP contribution in [0.3, 0.4) is 0 Å². The molecule has 4 rings (SSSR count). The molecule has 37 heavy (non-hydrogen) atoms. The van der Waals surface area contributed by atoms with Gasteiger partial charge in [0.15, 0.2) is 0 Å². The van der Waals surface area contributed by atoms with Crippen LogP contribution in [0.4, 0.5) is 0 Å². The van der Waals surface area contributed by atoms with Gasteiger partial charge in [-0.15, -0.1) is 0 Å². The van der Waals surface area contributed by atoms with Crippen molar-refractivity contribution in [2.24, 2.45) is 5.92 Å². The van der Waals surface area contributed by atoms with Crippen molar-refractivity contribution >= 4 is 15.4 Å². The van der Waals surface area contributed by atoms with Crippen molar-refractivity contribution in [3.8, 4) is 0 Å². The lowest BCUT2D eigenvalue weighted by atomic mass is 9.91. The van der Waals surface area contributed by atoms with Gasteiger partial charge in [0, 0.05) is 28.4 Å². The van der Waals surface area contributed by atoms with E-state index < -0.39 is 0 Å². The van der Waals surface area contributed by atoms with Crippen molar-refractivity contribution in [1.82, 2.24) is 0 Å². The van der Waals surface area contributed by atoms with Crippen LogP contribution in [0.1, 0.15) is 65.2 Å². The van der Waals surface area contributed by atoms with E-state index in [0.717, 1.165) is 32.1 Å². The molecule has 0 radical (unpaired) electrons. The van der Waals surface area contributed by atoms with Crippen LogP contribution in [0.5, 0.6) is 0 Å². The van der Waals surface area contributed by atoms with Crippen molar-refractivity contribution in [3.05, 3.63) is 60.3 Å². The van der Waals surface area contributed by atoms with Gasteiger partial charge in [-0.3, -0.25) is 0 Å². The van der Waals surface area contributed by atoms with Gasteiger partial charge in [0.1, 0.15) is 12.2 Å². The fraction of sp³-hybridized carbons (Fsp3) is 0.633. The van der Waals surface area contributed by atoms with Gasteiger partial charge in [-0.1, -0.05) is 61.1 Å². The Balaban J connectivity index is 1.42. The number of cyclic esters (lactones) is 1. The van der Waals surface area contributed by atoms with E-state index in [4.69, 9.17) is 23.5 Å². The molecular weight excluding hydrogens is 487 g/mol. The number of hydrogen-bond acceptors (Lipinski definition) is 6. The van der Waals surface area contributed by atoms with Crippen LogP contribution in [-0.4, -0.2) is 55.3 Å². The molecule has 4 aliphatic rings. The zero-order valence-corrected chi connectivity index (χ0v) is 23.4. The normalized spacial score (nSPS) is 38.7. The second kappa shape index (κ2) is 14.0. The van der Waals surface area contributed by atoms with Gasteiger partial charge in [0.25, 0.3) is 0 Å². The standard InChI is InChI=1S/C30H43O6P/c1-20-13-14-32-24(16-20)9-5-11-26-19-27-30(35-27)28(36-37)18-22(3)15-21(2)17-25-10-4-7-23(33-25)8-6-12-29(31)34-26/h4-7,9,12-13,21,23-28,30H,3,8,10-11,14-19,37H2,1-2H3/b9-5+,12-6-/t21-,23-,24+,25-,26+,27+,28?,30+/m0/s1. The summed E-state index contributed by atoms with van der Waals surface area (Å²) in [7, 11) is 2.39. The molecule has 7 heteroatoms. The van der Waals surface area contributed by atoms with Crippen LogP contribution in [0.25, 0.3) is 0 Å². The fourth-order valence-electron chi connectivity index (χ4n) is 5.56. The molecule has 6 nitrogen and oxygen atoms in total. The molecule has 9 atom stereocenters. The topological polar surface area (TPSA) is 66.5 Å². The molecule has 0 amide bonds. The molecule has 1 fully saturated rings. The minimum Gasteiger partial charge on any atom is -0.459 e. The molecule has 204 valence electrons. The molecule has 4 heterocycles. The third kappa shape index (κ3) is 9.30. The third-order valence-electron chi connectivity index (χ3n) is 7.49. The first-order chi connectivity index (χ1) is 17.9. The summed E-state index contributed by atoms with van der Waals surface area (Å²) in [6.07, 6.45) is 20.2. The van der Waals surface area contributed by atoms with E-state index in [1.165, 1.54) is 17.2 Å². The Morgan fingerprint density at radius 3 is 2.84 bits per heavy atom. The molecule has 0 N–H and O–H groups in total. The molecule has 0 spiro atoms. The van der Waals surface area contributed by atoms with Gasteiger partial charge < -0.3 is 23.5 Å². The summed E-state index contributed by atoms with van der Waals surface area (Å²) >= 11 is 0. The summed E-state index contributed by atoms with van der Waals surface area (Å²) in [5.74, 6) is 0.139. The summed E-state index contributed by atoms with van der Waals surface area (Å²) in [5.41, 5.74) is 2.51. The molecule has 1 saturated heterocycles. The maximum atomic E-state index is 12.7. The van der Waals surface area contributed by atoms with Gasteiger partial charge in [-0.05, 0) is 51.4 Å². The van der Waals surface area contributed by atoms with Crippen LogP contribution >= 0.6 is 9.47 Å². The average molecular weight is 531 g/mol. The van der Waals surface area contributed by atoms with Crippen LogP contribution in [0.15, 0.2) is 60.3 Å². The zero-order chi connectivity index (χ0) is 26.2. The zero-order valence-electron chi connectivity index (χ0n) is 22.3. The SMILES string of the molecule is C=C1CC(OP)[C@@H]2O[C@@H]2C[C@@H](C/C=C/[C@@H]2CC(C)=CCO2)OC(=O)/C=C\C[C@@H]2C=CC[C@@H](C[C@@H](C)C1)O2. The lowest BCUT2D eigenvalue weighted by molar-refractivity contribution is -0.143. The summed E-state index contributed by atoms with van der Waals surface area (Å²) < 4.78 is 29.7. The average Bonchev–Trinajstić information content (AvgIpc) is 3.61. The van der Waals surface area contributed by atoms with E-state index in [0.29, 0.717) is 31.8 Å². The minimum atomic E-state index is -0.332. The van der Waals surface area contributed by atoms with E-state index in [1.807, 2.05) is 6.08 Å². The predicted molar refractivity (Wildman–Crippen MR) is 148 cm³/mol. The Hall–Kier alpha value is -1.56. The highest BCUT2D eigenvalue weighted by molar-refractivity contribution is 7.09. The number of esters is 1. The number of ether oxygens (including phenoxy) is 4. The number of fused-ring (bicyclic) bond motifs is 3. The first-order valence-electron chi connectivity index (χ1n) is 13.7. The van der Waals surface area contributed by atoms with Crippen molar-refractivity contribution in [2.45, 2.75) is 108 Å². The van der Waals surface area contributed by atoms with E-state index in [1.54, 1.807) is 0 Å². The molecule has 0 aromatic rings. The molecule has 0 aliphatic carbocycles. The first-order valence-corrected chi connectivity index (χ1v) is 14.2. The number of rotatable bonds is 4. The van der Waals surface area contributed by atoms with Gasteiger partial charge in [0.05, 0.1) is 37.1 Å². The van der Waals surface area contributed by atoms with Gasteiger partial charge in [0.2, 0.25) is 0 Å². The second-order valence-corrected chi connectivity index (χ2v) is 11.3. The van der Waals surface area contributed by atoms with Crippen LogP contribution in [-0.2, 0) is 28.3 Å². The lowest BCUT2D eigenvalue weighted by Gasteiger charge is -2.28. The quantitative estimate of drug-likeness (QED) is 0.194. The summed E-state index contributed by atoms with van der Waals surface area (Å²) in [4.78, 5) is 12.7. The molecule has 0 aromatic heterocycles. The summed E-state index contributed by atoms with van der Waals surface area (Å²) in [5, 5.41) is 0. The van der Waals surface area contributed by atoms with Crippen molar-refractivity contribution in [2.75, 3.05) is 6.61 Å². The molecule has 4 aliphatic heterocycles. The number of carbonyl (C=O) groups excluding carboxylic acids is 1. The van der Waals surface area contributed by atoms with Crippen molar-refractivity contribution in [1.29, 1.82) is 0 Å². The highest BCUT2D eigenvalue weighted by Crippen LogP contribution is 2.37. The summed E-state index contributed by atoms with van der Waals surface area (Å²) in [6.45, 7) is 9.37. The summed E-state index contributed by atoms with van der Waals surface area (Å²) in [6, 6.07) is 0. The Kier molecular flexibility index (Phi) is 10.8. The number of carbonyl (C=O) groups is 1. The minimum absolute atomic E-state index is 0.00107. The Morgan fingerprint density at radius 1 is 1.16 bits per heavy atom. The largest absolute Gasteiger partial charge is 0.459 e. The van der Waals surface area contributed by atoms with E-state index in [2.05, 4.69) is 60.3 Å². The van der Waals surface area contributed by atoms with Gasteiger partial charge in [-0.25, -0.2) is 4.79 Å². The predicted octanol–water partition coefficient (Wildman–Crippen LogP) is 5.95. The maximum absolute atomic E-state index is 12.7. The molecule has 0 saturated carbocycles. The monoisotopic (exact) mass is 530 g/mol. The van der Waals surface area contributed by atoms with E-state index in [9.17, 15) is 4.79 Å². The third-order valence-corrected chi connectivity index (χ3v) is 7.84. The Bertz CT molecular complexity index is 908. The maximum Gasteiger partial charge on any atom is 0.330 e. The van der Waals surface area contributed by atoms with Crippen molar-refractivity contribution < 1.29 is 28.3 Å². The molecule has 2 unspecified atom stereocenters. The number of epoxide rings is 1. The Morgan fingerprint density at radius 2 is 2.03 bits per heavy atom.